The van der Waals surface area contributed by atoms with Crippen molar-refractivity contribution in [3.05, 3.63) is 35.6 Å². The lowest BCUT2D eigenvalue weighted by molar-refractivity contribution is -0.161. The van der Waals surface area contributed by atoms with Crippen LogP contribution in [0.25, 0.3) is 0 Å². The van der Waals surface area contributed by atoms with E-state index in [0.717, 1.165) is 37.7 Å². The Morgan fingerprint density at radius 3 is 2.21 bits per heavy atom. The van der Waals surface area contributed by atoms with Crippen molar-refractivity contribution in [1.29, 1.82) is 5.26 Å². The highest BCUT2D eigenvalue weighted by atomic mass is 19.1. The first-order valence-corrected chi connectivity index (χ1v) is 10.1. The molecule has 3 rings (SSSR count). The maximum atomic E-state index is 13.3. The van der Waals surface area contributed by atoms with E-state index in [1.165, 1.54) is 19.1 Å². The standard InChI is InChI=1S/C22H27FN2O3/c1-16(19(26)25-21(15-24)11-3-2-4-12-21)28-20(27)22(13-5-6-14-22)17-7-9-18(23)10-8-17/h7-10,16H,2-6,11-14H2,1H3,(H,25,26)/t16-/m0/s1. The molecule has 2 aliphatic rings. The van der Waals surface area contributed by atoms with E-state index in [1.54, 1.807) is 12.1 Å². The van der Waals surface area contributed by atoms with Crippen LogP contribution in [0, 0.1) is 17.1 Å². The third-order valence-electron chi connectivity index (χ3n) is 6.18. The van der Waals surface area contributed by atoms with Crippen LogP contribution >= 0.6 is 0 Å². The summed E-state index contributed by atoms with van der Waals surface area (Å²) < 4.78 is 18.9. The van der Waals surface area contributed by atoms with Crippen LogP contribution in [-0.2, 0) is 19.7 Å². The largest absolute Gasteiger partial charge is 0.452 e. The molecular formula is C22H27FN2O3. The number of benzene rings is 1. The van der Waals surface area contributed by atoms with Crippen molar-refractivity contribution >= 4 is 11.9 Å². The molecule has 0 aromatic heterocycles. The van der Waals surface area contributed by atoms with Gasteiger partial charge < -0.3 is 10.1 Å². The molecule has 2 fully saturated rings. The number of halogens is 1. The molecule has 0 unspecified atom stereocenters. The summed E-state index contributed by atoms with van der Waals surface area (Å²) in [5.41, 5.74) is -0.970. The molecule has 150 valence electrons. The summed E-state index contributed by atoms with van der Waals surface area (Å²) in [6, 6.07) is 8.18. The molecule has 5 nitrogen and oxygen atoms in total. The maximum Gasteiger partial charge on any atom is 0.317 e. The molecule has 0 spiro atoms. The van der Waals surface area contributed by atoms with Gasteiger partial charge in [-0.3, -0.25) is 9.59 Å². The summed E-state index contributed by atoms with van der Waals surface area (Å²) in [6.07, 6.45) is 6.11. The Kier molecular flexibility index (Phi) is 6.02. The van der Waals surface area contributed by atoms with Gasteiger partial charge in [-0.05, 0) is 50.3 Å². The summed E-state index contributed by atoms with van der Waals surface area (Å²) in [5, 5.41) is 12.3. The fraction of sp³-hybridized carbons (Fsp3) is 0.591. The minimum atomic E-state index is -0.988. The van der Waals surface area contributed by atoms with Gasteiger partial charge in [-0.25, -0.2) is 4.39 Å². The van der Waals surface area contributed by atoms with Crippen molar-refractivity contribution in [1.82, 2.24) is 5.32 Å². The van der Waals surface area contributed by atoms with E-state index in [4.69, 9.17) is 4.74 Å². The molecular weight excluding hydrogens is 359 g/mol. The van der Waals surface area contributed by atoms with Crippen LogP contribution in [0.5, 0.6) is 0 Å². The number of amides is 1. The molecule has 1 N–H and O–H groups in total. The predicted molar refractivity (Wildman–Crippen MR) is 102 cm³/mol. The van der Waals surface area contributed by atoms with Gasteiger partial charge in [0.05, 0.1) is 11.5 Å². The van der Waals surface area contributed by atoms with Crippen molar-refractivity contribution in [2.45, 2.75) is 81.8 Å². The third-order valence-corrected chi connectivity index (χ3v) is 6.18. The average Bonchev–Trinajstić information content (AvgIpc) is 3.20. The lowest BCUT2D eigenvalue weighted by Crippen LogP contribution is -2.52. The first kappa shape index (κ1) is 20.3. The predicted octanol–water partition coefficient (Wildman–Crippen LogP) is 3.91. The first-order valence-electron chi connectivity index (χ1n) is 10.1. The number of rotatable bonds is 5. The highest BCUT2D eigenvalue weighted by Crippen LogP contribution is 2.42. The lowest BCUT2D eigenvalue weighted by atomic mass is 9.79. The topological polar surface area (TPSA) is 79.2 Å². The van der Waals surface area contributed by atoms with Gasteiger partial charge in [0.1, 0.15) is 11.4 Å². The first-order chi connectivity index (χ1) is 13.4. The molecule has 1 amide bonds. The fourth-order valence-corrected chi connectivity index (χ4v) is 4.44. The Morgan fingerprint density at radius 2 is 1.64 bits per heavy atom. The zero-order valence-corrected chi connectivity index (χ0v) is 16.3. The molecule has 1 aromatic carbocycles. The number of nitriles is 1. The van der Waals surface area contributed by atoms with Crippen molar-refractivity contribution in [3.8, 4) is 6.07 Å². The van der Waals surface area contributed by atoms with Gasteiger partial charge in [-0.2, -0.15) is 5.26 Å². The van der Waals surface area contributed by atoms with E-state index in [0.29, 0.717) is 25.7 Å². The quantitative estimate of drug-likeness (QED) is 0.778. The van der Waals surface area contributed by atoms with Crippen LogP contribution in [0.2, 0.25) is 0 Å². The summed E-state index contributed by atoms with van der Waals surface area (Å²) in [6.45, 7) is 1.54. The molecule has 6 heteroatoms. The van der Waals surface area contributed by atoms with Crippen LogP contribution in [-0.4, -0.2) is 23.5 Å². The molecule has 0 heterocycles. The zero-order valence-electron chi connectivity index (χ0n) is 16.3. The van der Waals surface area contributed by atoms with E-state index in [1.807, 2.05) is 0 Å². The number of esters is 1. The summed E-state index contributed by atoms with van der Waals surface area (Å²) in [5.74, 6) is -1.25. The van der Waals surface area contributed by atoms with Gasteiger partial charge in [-0.1, -0.05) is 44.2 Å². The molecule has 28 heavy (non-hydrogen) atoms. The molecule has 1 aromatic rings. The van der Waals surface area contributed by atoms with E-state index < -0.39 is 28.9 Å². The smallest absolute Gasteiger partial charge is 0.317 e. The van der Waals surface area contributed by atoms with Crippen molar-refractivity contribution in [2.24, 2.45) is 0 Å². The van der Waals surface area contributed by atoms with E-state index in [2.05, 4.69) is 11.4 Å². The Hall–Kier alpha value is -2.42. The minimum absolute atomic E-state index is 0.354. The molecule has 2 saturated carbocycles. The van der Waals surface area contributed by atoms with Gasteiger partial charge in [0.15, 0.2) is 6.10 Å². The minimum Gasteiger partial charge on any atom is -0.452 e. The molecule has 2 aliphatic carbocycles. The monoisotopic (exact) mass is 386 g/mol. The second-order valence-electron chi connectivity index (χ2n) is 8.09. The number of ether oxygens (including phenoxy) is 1. The highest BCUT2D eigenvalue weighted by Gasteiger charge is 2.45. The van der Waals surface area contributed by atoms with Crippen LogP contribution < -0.4 is 5.32 Å². The van der Waals surface area contributed by atoms with Gasteiger partial charge in [-0.15, -0.1) is 0 Å². The number of nitrogens with zero attached hydrogens (tertiary/aromatic N) is 1. The molecule has 0 saturated heterocycles. The Morgan fingerprint density at radius 1 is 1.07 bits per heavy atom. The highest BCUT2D eigenvalue weighted by molar-refractivity contribution is 5.88. The van der Waals surface area contributed by atoms with Crippen molar-refractivity contribution in [2.75, 3.05) is 0 Å². The Balaban J connectivity index is 1.70. The number of hydrogen-bond donors (Lipinski definition) is 1. The van der Waals surface area contributed by atoms with E-state index >= 15 is 0 Å². The lowest BCUT2D eigenvalue weighted by Gasteiger charge is -2.33. The van der Waals surface area contributed by atoms with Crippen molar-refractivity contribution in [3.63, 3.8) is 0 Å². The van der Waals surface area contributed by atoms with E-state index in [-0.39, 0.29) is 5.82 Å². The second-order valence-corrected chi connectivity index (χ2v) is 8.09. The van der Waals surface area contributed by atoms with Crippen LogP contribution in [0.15, 0.2) is 24.3 Å². The van der Waals surface area contributed by atoms with Gasteiger partial charge >= 0.3 is 5.97 Å². The maximum absolute atomic E-state index is 13.3. The van der Waals surface area contributed by atoms with Crippen molar-refractivity contribution < 1.29 is 18.7 Å². The zero-order chi connectivity index (χ0) is 20.2. The van der Waals surface area contributed by atoms with Gasteiger partial charge in [0.2, 0.25) is 0 Å². The Labute approximate surface area is 165 Å². The number of nitrogens with one attached hydrogen (secondary N) is 1. The third kappa shape index (κ3) is 4.04. The normalized spacial score (nSPS) is 21.3. The molecule has 0 bridgehead atoms. The summed E-state index contributed by atoms with van der Waals surface area (Å²) in [7, 11) is 0. The van der Waals surface area contributed by atoms with E-state index in [9.17, 15) is 19.2 Å². The van der Waals surface area contributed by atoms with Crippen LogP contribution in [0.1, 0.15) is 70.3 Å². The average molecular weight is 386 g/mol. The summed E-state index contributed by atoms with van der Waals surface area (Å²) in [4.78, 5) is 25.7. The van der Waals surface area contributed by atoms with Gasteiger partial charge in [0.25, 0.3) is 5.91 Å². The number of carbonyl (C=O) groups is 2. The molecule has 0 aliphatic heterocycles. The number of carbonyl (C=O) groups excluding carboxylic acids is 2. The summed E-state index contributed by atoms with van der Waals surface area (Å²) >= 11 is 0. The fourth-order valence-electron chi connectivity index (χ4n) is 4.44. The number of hydrogen-bond acceptors (Lipinski definition) is 4. The molecule has 1 atom stereocenters. The molecule has 0 radical (unpaired) electrons. The van der Waals surface area contributed by atoms with Gasteiger partial charge in [0, 0.05) is 0 Å². The van der Waals surface area contributed by atoms with Crippen LogP contribution in [0.3, 0.4) is 0 Å². The van der Waals surface area contributed by atoms with Crippen LogP contribution in [0.4, 0.5) is 4.39 Å². The Bertz CT molecular complexity index is 757. The second kappa shape index (κ2) is 8.30. The SMILES string of the molecule is C[C@H](OC(=O)C1(c2ccc(F)cc2)CCCC1)C(=O)NC1(C#N)CCCCC1.